The van der Waals surface area contributed by atoms with E-state index in [2.05, 4.69) is 24.3 Å². The van der Waals surface area contributed by atoms with Gasteiger partial charge in [-0.25, -0.2) is 4.39 Å². The molecule has 0 aliphatic heterocycles. The summed E-state index contributed by atoms with van der Waals surface area (Å²) in [7, 11) is 1.43. The first kappa shape index (κ1) is 13.5. The maximum absolute atomic E-state index is 13.7. The topological polar surface area (TPSA) is 60.2 Å². The molecule has 1 heterocycles. The van der Waals surface area contributed by atoms with Crippen LogP contribution in [0.1, 0.15) is 19.5 Å². The van der Waals surface area contributed by atoms with Crippen LogP contribution < -0.4 is 16.0 Å². The number of halogens is 1. The molecule has 4 nitrogen and oxygen atoms in total. The summed E-state index contributed by atoms with van der Waals surface area (Å²) in [6.07, 6.45) is 0.818. The molecule has 0 spiro atoms. The Kier molecular flexibility index (Phi) is 3.85. The number of fused-ring (bicyclic) bond motifs is 1. The molecule has 5 heteroatoms. The zero-order valence-electron chi connectivity index (χ0n) is 11.3. The zero-order valence-corrected chi connectivity index (χ0v) is 11.3. The van der Waals surface area contributed by atoms with Gasteiger partial charge in [-0.3, -0.25) is 10.8 Å². The lowest BCUT2D eigenvalue weighted by molar-refractivity contribution is 0.387. The summed E-state index contributed by atoms with van der Waals surface area (Å²) in [6, 6.07) is 4.87. The van der Waals surface area contributed by atoms with E-state index in [1.54, 1.807) is 6.07 Å². The lowest BCUT2D eigenvalue weighted by atomic mass is 10.1. The molecular weight excluding hydrogens is 245 g/mol. The minimum Gasteiger partial charge on any atom is -0.494 e. The van der Waals surface area contributed by atoms with Gasteiger partial charge in [-0.1, -0.05) is 13.8 Å². The zero-order chi connectivity index (χ0) is 14.0. The van der Waals surface area contributed by atoms with Gasteiger partial charge >= 0.3 is 0 Å². The number of hydrazine groups is 1. The van der Waals surface area contributed by atoms with Crippen LogP contribution in [-0.4, -0.2) is 12.1 Å². The van der Waals surface area contributed by atoms with E-state index >= 15 is 0 Å². The quantitative estimate of drug-likeness (QED) is 0.657. The van der Waals surface area contributed by atoms with E-state index in [0.717, 1.165) is 23.2 Å². The first-order chi connectivity index (χ1) is 9.05. The molecule has 0 aliphatic carbocycles. The SMILES string of the molecule is COc1cc2c(NN)cc(CC(C)C)nc2cc1F. The second kappa shape index (κ2) is 5.40. The molecule has 0 saturated carbocycles. The summed E-state index contributed by atoms with van der Waals surface area (Å²) in [4.78, 5) is 4.47. The van der Waals surface area contributed by atoms with Crippen LogP contribution in [0.2, 0.25) is 0 Å². The fourth-order valence-electron chi connectivity index (χ4n) is 2.08. The van der Waals surface area contributed by atoms with Crippen LogP contribution in [0, 0.1) is 11.7 Å². The number of aromatic nitrogens is 1. The molecule has 0 radical (unpaired) electrons. The molecule has 0 aliphatic rings. The minimum absolute atomic E-state index is 0.183. The second-order valence-corrected chi connectivity index (χ2v) is 4.91. The molecule has 0 amide bonds. The van der Waals surface area contributed by atoms with Crippen LogP contribution in [0.3, 0.4) is 0 Å². The highest BCUT2D eigenvalue weighted by molar-refractivity contribution is 5.92. The number of methoxy groups -OCH3 is 1. The number of hydrogen-bond donors (Lipinski definition) is 2. The lowest BCUT2D eigenvalue weighted by Gasteiger charge is -2.12. The minimum atomic E-state index is -0.424. The number of nitrogens with two attached hydrogens (primary N) is 1. The van der Waals surface area contributed by atoms with Crippen molar-refractivity contribution < 1.29 is 9.13 Å². The summed E-state index contributed by atoms with van der Waals surface area (Å²) in [5, 5.41) is 0.744. The molecule has 0 fully saturated rings. The molecule has 19 heavy (non-hydrogen) atoms. The highest BCUT2D eigenvalue weighted by atomic mass is 19.1. The van der Waals surface area contributed by atoms with E-state index in [1.165, 1.54) is 13.2 Å². The fourth-order valence-corrected chi connectivity index (χ4v) is 2.08. The van der Waals surface area contributed by atoms with Crippen molar-refractivity contribution in [2.24, 2.45) is 11.8 Å². The molecule has 3 N–H and O–H groups in total. The first-order valence-electron chi connectivity index (χ1n) is 6.19. The Morgan fingerprint density at radius 2 is 2.11 bits per heavy atom. The van der Waals surface area contributed by atoms with E-state index in [9.17, 15) is 4.39 Å². The fraction of sp³-hybridized carbons (Fsp3) is 0.357. The van der Waals surface area contributed by atoms with Crippen molar-refractivity contribution in [3.05, 3.63) is 29.7 Å². The molecule has 0 saturated heterocycles. The monoisotopic (exact) mass is 263 g/mol. The Bertz CT molecular complexity index is 599. The number of benzene rings is 1. The first-order valence-corrected chi connectivity index (χ1v) is 6.19. The van der Waals surface area contributed by atoms with E-state index in [0.29, 0.717) is 11.4 Å². The molecule has 0 bridgehead atoms. The largest absolute Gasteiger partial charge is 0.494 e. The van der Waals surface area contributed by atoms with Gasteiger partial charge in [0.2, 0.25) is 0 Å². The van der Waals surface area contributed by atoms with Crippen LogP contribution >= 0.6 is 0 Å². The lowest BCUT2D eigenvalue weighted by Crippen LogP contribution is -2.09. The van der Waals surface area contributed by atoms with Gasteiger partial charge in [0, 0.05) is 17.1 Å². The Morgan fingerprint density at radius 3 is 2.68 bits per heavy atom. The Morgan fingerprint density at radius 1 is 1.37 bits per heavy atom. The van der Waals surface area contributed by atoms with Crippen LogP contribution in [0.4, 0.5) is 10.1 Å². The number of anilines is 1. The molecule has 0 atom stereocenters. The summed E-state index contributed by atoms with van der Waals surface area (Å²) < 4.78 is 18.7. The average molecular weight is 263 g/mol. The van der Waals surface area contributed by atoms with E-state index < -0.39 is 5.82 Å². The normalized spacial score (nSPS) is 11.1. The molecule has 2 rings (SSSR count). The summed E-state index contributed by atoms with van der Waals surface area (Å²) in [5.74, 6) is 5.76. The summed E-state index contributed by atoms with van der Waals surface area (Å²) in [6.45, 7) is 4.21. The van der Waals surface area contributed by atoms with Crippen molar-refractivity contribution in [3.63, 3.8) is 0 Å². The maximum Gasteiger partial charge on any atom is 0.167 e. The average Bonchev–Trinajstić information content (AvgIpc) is 2.36. The molecular formula is C14H18FN3O. The molecule has 2 aromatic rings. The third-order valence-corrected chi connectivity index (χ3v) is 2.91. The Labute approximate surface area is 111 Å². The van der Waals surface area contributed by atoms with Crippen molar-refractivity contribution >= 4 is 16.6 Å². The van der Waals surface area contributed by atoms with Gasteiger partial charge in [-0.05, 0) is 24.5 Å². The van der Waals surface area contributed by atoms with E-state index in [4.69, 9.17) is 10.6 Å². The number of nitrogen functional groups attached to an aromatic ring is 1. The highest BCUT2D eigenvalue weighted by Crippen LogP contribution is 2.29. The summed E-state index contributed by atoms with van der Waals surface area (Å²) >= 11 is 0. The predicted octanol–water partition coefficient (Wildman–Crippen LogP) is 2.87. The maximum atomic E-state index is 13.7. The highest BCUT2D eigenvalue weighted by Gasteiger charge is 2.11. The smallest absolute Gasteiger partial charge is 0.167 e. The van der Waals surface area contributed by atoms with Crippen molar-refractivity contribution in [3.8, 4) is 5.75 Å². The van der Waals surface area contributed by atoms with Crippen LogP contribution in [0.25, 0.3) is 10.9 Å². The van der Waals surface area contributed by atoms with Crippen LogP contribution in [0.15, 0.2) is 18.2 Å². The standard InChI is InChI=1S/C14H18FN3O/c1-8(2)4-9-5-13(18-16)10-6-14(19-3)11(15)7-12(10)17-9/h5-8H,4,16H2,1-3H3,(H,17,18). The summed E-state index contributed by atoms with van der Waals surface area (Å²) in [5.41, 5.74) is 4.82. The van der Waals surface area contributed by atoms with Crippen LogP contribution in [-0.2, 0) is 6.42 Å². The number of rotatable bonds is 4. The van der Waals surface area contributed by atoms with E-state index in [-0.39, 0.29) is 5.75 Å². The second-order valence-electron chi connectivity index (χ2n) is 4.91. The van der Waals surface area contributed by atoms with Gasteiger partial charge in [-0.2, -0.15) is 0 Å². The van der Waals surface area contributed by atoms with Gasteiger partial charge in [0.15, 0.2) is 11.6 Å². The van der Waals surface area contributed by atoms with Crippen molar-refractivity contribution in [1.82, 2.24) is 4.98 Å². The third-order valence-electron chi connectivity index (χ3n) is 2.91. The number of pyridine rings is 1. The Hall–Kier alpha value is -1.88. The molecule has 1 aromatic carbocycles. The third kappa shape index (κ3) is 2.76. The van der Waals surface area contributed by atoms with Gasteiger partial charge in [0.25, 0.3) is 0 Å². The number of hydrogen-bond acceptors (Lipinski definition) is 4. The number of nitrogens with one attached hydrogen (secondary N) is 1. The van der Waals surface area contributed by atoms with Gasteiger partial charge in [0.1, 0.15) is 0 Å². The van der Waals surface area contributed by atoms with E-state index in [1.807, 2.05) is 6.07 Å². The van der Waals surface area contributed by atoms with Crippen molar-refractivity contribution in [2.45, 2.75) is 20.3 Å². The molecule has 1 aromatic heterocycles. The van der Waals surface area contributed by atoms with Crippen molar-refractivity contribution in [2.75, 3.05) is 12.5 Å². The van der Waals surface area contributed by atoms with Gasteiger partial charge in [0.05, 0.1) is 18.3 Å². The van der Waals surface area contributed by atoms with Gasteiger partial charge in [-0.15, -0.1) is 0 Å². The molecule has 0 unspecified atom stereocenters. The van der Waals surface area contributed by atoms with Crippen molar-refractivity contribution in [1.29, 1.82) is 0 Å². The molecule has 102 valence electrons. The number of nitrogens with zero attached hydrogens (tertiary/aromatic N) is 1. The predicted molar refractivity (Wildman–Crippen MR) is 74.6 cm³/mol. The van der Waals surface area contributed by atoms with Crippen LogP contribution in [0.5, 0.6) is 5.75 Å². The Balaban J connectivity index is 2.63. The number of ether oxygens (including phenoxy) is 1. The van der Waals surface area contributed by atoms with Gasteiger partial charge < -0.3 is 10.2 Å².